The molecule has 156 valence electrons. The number of thioether (sulfide) groups is 1. The Hall–Kier alpha value is -3.27. The Morgan fingerprint density at radius 3 is 2.80 bits per heavy atom. The van der Waals surface area contributed by atoms with E-state index >= 15 is 0 Å². The Morgan fingerprint density at radius 2 is 2.03 bits per heavy atom. The third-order valence-electron chi connectivity index (χ3n) is 4.62. The van der Waals surface area contributed by atoms with Gasteiger partial charge in [0.15, 0.2) is 11.5 Å². The van der Waals surface area contributed by atoms with Gasteiger partial charge < -0.3 is 14.8 Å². The molecule has 0 atom stereocenters. The van der Waals surface area contributed by atoms with Crippen LogP contribution in [-0.4, -0.2) is 51.6 Å². The molecule has 3 amide bonds. The molecule has 30 heavy (non-hydrogen) atoms. The SMILES string of the molecule is Cc1cc(C)n(CC(=O)NCCN2C(=O)S/C(=C/c3ccc4c(c3)OCO4)C2=O)n1. The predicted octanol–water partition coefficient (Wildman–Crippen LogP) is 2.08. The Morgan fingerprint density at radius 1 is 1.23 bits per heavy atom. The highest BCUT2D eigenvalue weighted by molar-refractivity contribution is 8.18. The van der Waals surface area contributed by atoms with E-state index in [9.17, 15) is 14.4 Å². The lowest BCUT2D eigenvalue weighted by Crippen LogP contribution is -2.38. The van der Waals surface area contributed by atoms with Crippen LogP contribution in [0.3, 0.4) is 0 Å². The van der Waals surface area contributed by atoms with Gasteiger partial charge >= 0.3 is 0 Å². The largest absolute Gasteiger partial charge is 0.454 e. The Balaban J connectivity index is 1.33. The number of carbonyl (C=O) groups is 3. The third-order valence-corrected chi connectivity index (χ3v) is 5.53. The topological polar surface area (TPSA) is 103 Å². The van der Waals surface area contributed by atoms with Crippen LogP contribution in [0.4, 0.5) is 4.79 Å². The first kappa shape index (κ1) is 20.0. The zero-order valence-electron chi connectivity index (χ0n) is 16.5. The van der Waals surface area contributed by atoms with Gasteiger partial charge in [0.25, 0.3) is 11.1 Å². The molecule has 1 aromatic carbocycles. The highest BCUT2D eigenvalue weighted by Gasteiger charge is 2.34. The second-order valence-corrected chi connectivity index (χ2v) is 7.87. The standard InChI is InChI=1S/C20H20N4O5S/c1-12-7-13(2)24(22-12)10-18(25)21-5-6-23-19(26)17(30-20(23)27)9-14-3-4-15-16(8-14)29-11-28-15/h3-4,7-9H,5-6,10-11H2,1-2H3,(H,21,25)/b17-9+. The molecule has 2 aliphatic rings. The molecule has 1 saturated heterocycles. The highest BCUT2D eigenvalue weighted by Crippen LogP contribution is 2.36. The molecule has 4 rings (SSSR count). The Labute approximate surface area is 177 Å². The molecular formula is C20H20N4O5S. The fraction of sp³-hybridized carbons (Fsp3) is 0.300. The summed E-state index contributed by atoms with van der Waals surface area (Å²) in [5.41, 5.74) is 2.47. The number of aromatic nitrogens is 2. The molecule has 1 fully saturated rings. The van der Waals surface area contributed by atoms with Crippen molar-refractivity contribution in [1.82, 2.24) is 20.0 Å². The molecule has 0 unspecified atom stereocenters. The van der Waals surface area contributed by atoms with Crippen molar-refractivity contribution in [2.75, 3.05) is 19.9 Å². The van der Waals surface area contributed by atoms with Gasteiger partial charge in [-0.25, -0.2) is 0 Å². The quantitative estimate of drug-likeness (QED) is 0.703. The number of hydrogen-bond acceptors (Lipinski definition) is 7. The van der Waals surface area contributed by atoms with Gasteiger partial charge in [0.1, 0.15) is 6.54 Å². The lowest BCUT2D eigenvalue weighted by atomic mass is 10.2. The number of fused-ring (bicyclic) bond motifs is 1. The average molecular weight is 428 g/mol. The van der Waals surface area contributed by atoms with Crippen molar-refractivity contribution >= 4 is 34.9 Å². The smallest absolute Gasteiger partial charge is 0.293 e. The number of benzene rings is 1. The summed E-state index contributed by atoms with van der Waals surface area (Å²) in [6, 6.07) is 7.20. The second-order valence-electron chi connectivity index (χ2n) is 6.88. The van der Waals surface area contributed by atoms with Crippen LogP contribution in [0.15, 0.2) is 29.2 Å². The van der Waals surface area contributed by atoms with Crippen LogP contribution in [0, 0.1) is 13.8 Å². The van der Waals surface area contributed by atoms with Gasteiger partial charge in [-0.15, -0.1) is 0 Å². The highest BCUT2D eigenvalue weighted by atomic mass is 32.2. The van der Waals surface area contributed by atoms with E-state index in [0.717, 1.165) is 33.6 Å². The van der Waals surface area contributed by atoms with Crippen LogP contribution in [0.25, 0.3) is 6.08 Å². The average Bonchev–Trinajstić information content (AvgIpc) is 3.35. The van der Waals surface area contributed by atoms with E-state index in [4.69, 9.17) is 9.47 Å². The first-order valence-corrected chi connectivity index (χ1v) is 10.1. The molecule has 0 saturated carbocycles. The summed E-state index contributed by atoms with van der Waals surface area (Å²) < 4.78 is 12.2. The van der Waals surface area contributed by atoms with Gasteiger partial charge in [-0.05, 0) is 55.4 Å². The predicted molar refractivity (Wildman–Crippen MR) is 110 cm³/mol. The van der Waals surface area contributed by atoms with Crippen LogP contribution in [-0.2, 0) is 16.1 Å². The minimum atomic E-state index is -0.379. The summed E-state index contributed by atoms with van der Waals surface area (Å²) in [5.74, 6) is 0.643. The maximum absolute atomic E-state index is 12.6. The summed E-state index contributed by atoms with van der Waals surface area (Å²) in [4.78, 5) is 38.4. The Bertz CT molecular complexity index is 1060. The van der Waals surface area contributed by atoms with Crippen LogP contribution in [0.2, 0.25) is 0 Å². The molecule has 0 spiro atoms. The van der Waals surface area contributed by atoms with Crippen LogP contribution >= 0.6 is 11.8 Å². The van der Waals surface area contributed by atoms with Crippen LogP contribution in [0.1, 0.15) is 17.0 Å². The van der Waals surface area contributed by atoms with Crippen molar-refractivity contribution in [2.45, 2.75) is 20.4 Å². The van der Waals surface area contributed by atoms with Crippen molar-refractivity contribution in [3.63, 3.8) is 0 Å². The summed E-state index contributed by atoms with van der Waals surface area (Å²) in [5, 5.41) is 6.60. The summed E-state index contributed by atoms with van der Waals surface area (Å²) in [6.07, 6.45) is 1.65. The van der Waals surface area contributed by atoms with E-state index < -0.39 is 0 Å². The van der Waals surface area contributed by atoms with E-state index in [-0.39, 0.29) is 43.5 Å². The van der Waals surface area contributed by atoms with Gasteiger partial charge in [0.05, 0.1) is 10.6 Å². The normalized spacial score (nSPS) is 16.6. The fourth-order valence-corrected chi connectivity index (χ4v) is 4.05. The number of hydrogen-bond donors (Lipinski definition) is 1. The molecule has 2 aliphatic heterocycles. The second kappa shape index (κ2) is 8.23. The molecule has 1 N–H and O–H groups in total. The zero-order valence-corrected chi connectivity index (χ0v) is 17.3. The number of nitrogens with zero attached hydrogens (tertiary/aromatic N) is 3. The minimum absolute atomic E-state index is 0.0889. The third kappa shape index (κ3) is 4.18. The number of carbonyl (C=O) groups excluding carboxylic acids is 3. The lowest BCUT2D eigenvalue weighted by Gasteiger charge is -2.13. The van der Waals surface area contributed by atoms with Crippen molar-refractivity contribution in [3.05, 3.63) is 46.1 Å². The molecule has 2 aromatic rings. The molecule has 1 aromatic heterocycles. The number of imide groups is 1. The summed E-state index contributed by atoms with van der Waals surface area (Å²) >= 11 is 0.876. The van der Waals surface area contributed by atoms with Crippen molar-refractivity contribution in [1.29, 1.82) is 0 Å². The molecule has 10 heteroatoms. The van der Waals surface area contributed by atoms with E-state index in [1.54, 1.807) is 29.0 Å². The molecule has 0 bridgehead atoms. The van der Waals surface area contributed by atoms with Gasteiger partial charge in [0.2, 0.25) is 12.7 Å². The zero-order chi connectivity index (χ0) is 21.3. The number of aryl methyl sites for hydroxylation is 2. The maximum Gasteiger partial charge on any atom is 0.293 e. The number of amides is 3. The fourth-order valence-electron chi connectivity index (χ4n) is 3.18. The number of rotatable bonds is 6. The molecular weight excluding hydrogens is 408 g/mol. The van der Waals surface area contributed by atoms with E-state index in [0.29, 0.717) is 16.4 Å². The van der Waals surface area contributed by atoms with Gasteiger partial charge in [-0.3, -0.25) is 24.0 Å². The first-order chi connectivity index (χ1) is 14.4. The molecule has 3 heterocycles. The van der Waals surface area contributed by atoms with Crippen molar-refractivity contribution in [3.8, 4) is 11.5 Å². The van der Waals surface area contributed by atoms with Crippen LogP contribution in [0.5, 0.6) is 11.5 Å². The van der Waals surface area contributed by atoms with Gasteiger partial charge in [-0.2, -0.15) is 5.10 Å². The van der Waals surface area contributed by atoms with Gasteiger partial charge in [0, 0.05) is 18.8 Å². The summed E-state index contributed by atoms with van der Waals surface area (Å²) in [6.45, 7) is 4.27. The van der Waals surface area contributed by atoms with E-state index in [2.05, 4.69) is 10.4 Å². The first-order valence-electron chi connectivity index (χ1n) is 9.33. The molecule has 0 aliphatic carbocycles. The van der Waals surface area contributed by atoms with Crippen molar-refractivity contribution in [2.24, 2.45) is 0 Å². The van der Waals surface area contributed by atoms with Crippen molar-refractivity contribution < 1.29 is 23.9 Å². The Kier molecular flexibility index (Phi) is 5.49. The maximum atomic E-state index is 12.6. The lowest BCUT2D eigenvalue weighted by molar-refractivity contribution is -0.124. The van der Waals surface area contributed by atoms with E-state index in [1.807, 2.05) is 19.9 Å². The molecule has 0 radical (unpaired) electrons. The van der Waals surface area contributed by atoms with Crippen LogP contribution < -0.4 is 14.8 Å². The minimum Gasteiger partial charge on any atom is -0.454 e. The number of ether oxygens (including phenoxy) is 2. The molecule has 9 nitrogen and oxygen atoms in total. The van der Waals surface area contributed by atoms with E-state index in [1.165, 1.54) is 0 Å². The summed E-state index contributed by atoms with van der Waals surface area (Å²) in [7, 11) is 0. The monoisotopic (exact) mass is 428 g/mol. The van der Waals surface area contributed by atoms with Gasteiger partial charge in [-0.1, -0.05) is 6.07 Å². The number of nitrogens with one attached hydrogen (secondary N) is 1.